The molecule has 2 N–H and O–H groups in total. The summed E-state index contributed by atoms with van der Waals surface area (Å²) in [6.45, 7) is 2.61. The lowest BCUT2D eigenvalue weighted by atomic mass is 10.3. The van der Waals surface area contributed by atoms with E-state index < -0.39 is 0 Å². The van der Waals surface area contributed by atoms with E-state index in [9.17, 15) is 0 Å². The van der Waals surface area contributed by atoms with Gasteiger partial charge in [0.05, 0.1) is 12.8 Å². The minimum absolute atomic E-state index is 0.693. The molecular weight excluding hydrogens is 178 g/mol. The Bertz CT molecular complexity index is 292. The molecule has 0 saturated heterocycles. The summed E-state index contributed by atoms with van der Waals surface area (Å²) >= 11 is 0. The minimum atomic E-state index is 0.693. The first-order valence-corrected chi connectivity index (χ1v) is 5.00. The van der Waals surface area contributed by atoms with Crippen LogP contribution in [-0.2, 0) is 6.54 Å². The van der Waals surface area contributed by atoms with Gasteiger partial charge in [-0.25, -0.2) is 0 Å². The molecule has 0 unspecified atom stereocenters. The van der Waals surface area contributed by atoms with Crippen LogP contribution >= 0.6 is 0 Å². The molecule has 1 aliphatic heterocycles. The lowest BCUT2D eigenvalue weighted by Gasteiger charge is -2.07. The highest BCUT2D eigenvalue weighted by molar-refractivity contribution is 5.79. The van der Waals surface area contributed by atoms with Gasteiger partial charge in [-0.3, -0.25) is 4.99 Å². The molecule has 0 amide bonds. The number of nitrogens with one attached hydrogen (secondary N) is 2. The van der Waals surface area contributed by atoms with Crippen molar-refractivity contribution in [2.75, 3.05) is 13.1 Å². The third kappa shape index (κ3) is 2.52. The molecule has 1 aliphatic rings. The van der Waals surface area contributed by atoms with Gasteiger partial charge in [-0.1, -0.05) is 0 Å². The second-order valence-electron chi connectivity index (χ2n) is 3.30. The van der Waals surface area contributed by atoms with Crippen molar-refractivity contribution < 1.29 is 4.42 Å². The molecule has 0 saturated carbocycles. The van der Waals surface area contributed by atoms with E-state index in [0.717, 1.165) is 24.8 Å². The molecule has 2 heterocycles. The lowest BCUT2D eigenvalue weighted by Crippen LogP contribution is -2.36. The van der Waals surface area contributed by atoms with Crippen LogP contribution in [0.15, 0.2) is 27.8 Å². The number of rotatable bonds is 2. The van der Waals surface area contributed by atoms with Crippen LogP contribution in [0.4, 0.5) is 0 Å². The van der Waals surface area contributed by atoms with Crippen molar-refractivity contribution >= 4 is 5.96 Å². The Morgan fingerprint density at radius 2 is 2.50 bits per heavy atom. The van der Waals surface area contributed by atoms with Gasteiger partial charge in [-0.05, 0) is 25.0 Å². The summed E-state index contributed by atoms with van der Waals surface area (Å²) in [6.07, 6.45) is 4.04. The van der Waals surface area contributed by atoms with Crippen LogP contribution in [-0.4, -0.2) is 19.0 Å². The number of guanidine groups is 1. The molecule has 0 fully saturated rings. The van der Waals surface area contributed by atoms with Gasteiger partial charge in [0.15, 0.2) is 5.96 Å². The first-order chi connectivity index (χ1) is 6.95. The van der Waals surface area contributed by atoms with Crippen LogP contribution in [0.3, 0.4) is 0 Å². The molecule has 14 heavy (non-hydrogen) atoms. The summed E-state index contributed by atoms with van der Waals surface area (Å²) in [7, 11) is 0. The van der Waals surface area contributed by atoms with Crippen LogP contribution in [0, 0.1) is 0 Å². The average molecular weight is 193 g/mol. The van der Waals surface area contributed by atoms with Crippen LogP contribution in [0.2, 0.25) is 0 Å². The van der Waals surface area contributed by atoms with Crippen LogP contribution in [0.1, 0.15) is 18.6 Å². The maximum absolute atomic E-state index is 5.21. The zero-order chi connectivity index (χ0) is 9.64. The highest BCUT2D eigenvalue weighted by atomic mass is 16.3. The molecule has 0 aromatic carbocycles. The molecule has 1 aromatic rings. The highest BCUT2D eigenvalue weighted by Gasteiger charge is 2.02. The summed E-state index contributed by atoms with van der Waals surface area (Å²) in [5.74, 6) is 1.82. The normalized spacial score (nSPS) is 16.7. The van der Waals surface area contributed by atoms with Gasteiger partial charge in [-0.2, -0.15) is 0 Å². The summed E-state index contributed by atoms with van der Waals surface area (Å²) in [4.78, 5) is 4.38. The van der Waals surface area contributed by atoms with Gasteiger partial charge in [-0.15, -0.1) is 0 Å². The molecule has 1 aromatic heterocycles. The third-order valence-electron chi connectivity index (χ3n) is 2.16. The van der Waals surface area contributed by atoms with Crippen LogP contribution < -0.4 is 10.6 Å². The van der Waals surface area contributed by atoms with Crippen LogP contribution in [0.5, 0.6) is 0 Å². The molecule has 0 spiro atoms. The van der Waals surface area contributed by atoms with Gasteiger partial charge in [0.1, 0.15) is 5.76 Å². The van der Waals surface area contributed by atoms with Gasteiger partial charge in [0.25, 0.3) is 0 Å². The summed E-state index contributed by atoms with van der Waals surface area (Å²) in [5.41, 5.74) is 0. The van der Waals surface area contributed by atoms with Gasteiger partial charge in [0.2, 0.25) is 0 Å². The van der Waals surface area contributed by atoms with E-state index in [1.54, 1.807) is 6.26 Å². The monoisotopic (exact) mass is 193 g/mol. The second kappa shape index (κ2) is 4.69. The lowest BCUT2D eigenvalue weighted by molar-refractivity contribution is 0.501. The summed E-state index contributed by atoms with van der Waals surface area (Å²) in [5, 5.41) is 6.45. The van der Waals surface area contributed by atoms with Crippen molar-refractivity contribution in [3.8, 4) is 0 Å². The van der Waals surface area contributed by atoms with Crippen molar-refractivity contribution in [3.05, 3.63) is 24.2 Å². The van der Waals surface area contributed by atoms with Crippen LogP contribution in [0.25, 0.3) is 0 Å². The number of furan rings is 1. The molecule has 0 radical (unpaired) electrons. The molecule has 4 heteroatoms. The molecule has 4 nitrogen and oxygen atoms in total. The molecule has 0 bridgehead atoms. The smallest absolute Gasteiger partial charge is 0.191 e. The van der Waals surface area contributed by atoms with E-state index in [0.29, 0.717) is 6.54 Å². The Morgan fingerprint density at radius 1 is 1.50 bits per heavy atom. The SMILES string of the molecule is c1coc(CNC2=NCCCCN2)c1. The Balaban J connectivity index is 1.82. The van der Waals surface area contributed by atoms with E-state index in [-0.39, 0.29) is 0 Å². The number of aliphatic imine (C=N–C) groups is 1. The van der Waals surface area contributed by atoms with Crippen molar-refractivity contribution in [2.24, 2.45) is 4.99 Å². The zero-order valence-corrected chi connectivity index (χ0v) is 8.12. The largest absolute Gasteiger partial charge is 0.467 e. The molecule has 2 rings (SSSR count). The van der Waals surface area contributed by atoms with E-state index in [1.165, 1.54) is 12.8 Å². The number of nitrogens with zero attached hydrogens (tertiary/aromatic N) is 1. The third-order valence-corrected chi connectivity index (χ3v) is 2.16. The van der Waals surface area contributed by atoms with E-state index in [2.05, 4.69) is 15.6 Å². The van der Waals surface area contributed by atoms with Crippen molar-refractivity contribution in [2.45, 2.75) is 19.4 Å². The fraction of sp³-hybridized carbons (Fsp3) is 0.500. The summed E-state index contributed by atoms with van der Waals surface area (Å²) < 4.78 is 5.21. The standard InChI is InChI=1S/C10H15N3O/c1-2-6-12-10(11-5-1)13-8-9-4-3-7-14-9/h3-4,7H,1-2,5-6,8H2,(H2,11,12,13). The Morgan fingerprint density at radius 3 is 3.36 bits per heavy atom. The molecular formula is C10H15N3O. The quantitative estimate of drug-likeness (QED) is 0.739. The zero-order valence-electron chi connectivity index (χ0n) is 8.12. The van der Waals surface area contributed by atoms with E-state index >= 15 is 0 Å². The number of hydrogen-bond donors (Lipinski definition) is 2. The van der Waals surface area contributed by atoms with Gasteiger partial charge in [0, 0.05) is 13.1 Å². The highest BCUT2D eigenvalue weighted by Crippen LogP contribution is 1.99. The first kappa shape index (κ1) is 9.12. The maximum Gasteiger partial charge on any atom is 0.191 e. The van der Waals surface area contributed by atoms with Gasteiger partial charge >= 0.3 is 0 Å². The van der Waals surface area contributed by atoms with Crippen molar-refractivity contribution in [1.82, 2.24) is 10.6 Å². The number of hydrogen-bond acceptors (Lipinski definition) is 4. The second-order valence-corrected chi connectivity index (χ2v) is 3.30. The molecule has 0 aliphatic carbocycles. The average Bonchev–Trinajstić information content (AvgIpc) is 2.58. The Kier molecular flexibility index (Phi) is 3.06. The van der Waals surface area contributed by atoms with Crippen molar-refractivity contribution in [1.29, 1.82) is 0 Å². The van der Waals surface area contributed by atoms with E-state index in [1.807, 2.05) is 12.1 Å². The first-order valence-electron chi connectivity index (χ1n) is 5.00. The predicted octanol–water partition coefficient (Wildman–Crippen LogP) is 1.11. The molecule has 76 valence electrons. The fourth-order valence-electron chi connectivity index (χ4n) is 1.39. The predicted molar refractivity (Wildman–Crippen MR) is 55.1 cm³/mol. The molecule has 0 atom stereocenters. The minimum Gasteiger partial charge on any atom is -0.467 e. The fourth-order valence-corrected chi connectivity index (χ4v) is 1.39. The topological polar surface area (TPSA) is 49.6 Å². The Hall–Kier alpha value is -1.45. The van der Waals surface area contributed by atoms with E-state index in [4.69, 9.17) is 4.42 Å². The Labute approximate surface area is 83.4 Å². The summed E-state index contributed by atoms with van der Waals surface area (Å²) in [6, 6.07) is 3.84. The maximum atomic E-state index is 5.21. The van der Waals surface area contributed by atoms with Gasteiger partial charge < -0.3 is 15.1 Å². The van der Waals surface area contributed by atoms with Crippen molar-refractivity contribution in [3.63, 3.8) is 0 Å².